The minimum atomic E-state index is -4.56. The Morgan fingerprint density at radius 2 is 1.59 bits per heavy atom. The van der Waals surface area contributed by atoms with Gasteiger partial charge in [0.15, 0.2) is 0 Å². The van der Waals surface area contributed by atoms with Crippen molar-refractivity contribution in [3.63, 3.8) is 0 Å². The lowest BCUT2D eigenvalue weighted by atomic mass is 10.1. The van der Waals surface area contributed by atoms with Crippen LogP contribution in [0.2, 0.25) is 5.02 Å². The fraction of sp³-hybridized carbons (Fsp3) is 0.263. The van der Waals surface area contributed by atoms with Crippen LogP contribution < -0.4 is 11.1 Å². The van der Waals surface area contributed by atoms with Crippen LogP contribution in [-0.4, -0.2) is 9.13 Å². The molecular weight excluding hydrogens is 381 g/mol. The maximum absolute atomic E-state index is 13.2. The average Bonchev–Trinajstić information content (AvgIpc) is 2.59. The van der Waals surface area contributed by atoms with Gasteiger partial charge in [-0.1, -0.05) is 23.7 Å². The van der Waals surface area contributed by atoms with Gasteiger partial charge in [0.05, 0.1) is 23.1 Å². The second kappa shape index (κ2) is 6.88. The molecule has 0 aliphatic heterocycles. The molecule has 0 unspecified atom stereocenters. The second-order valence-electron chi connectivity index (χ2n) is 6.49. The monoisotopic (exact) mass is 396 g/mol. The van der Waals surface area contributed by atoms with Crippen LogP contribution in [0.25, 0.3) is 11.0 Å². The van der Waals surface area contributed by atoms with Crippen molar-refractivity contribution in [2.75, 3.05) is 0 Å². The van der Waals surface area contributed by atoms with Crippen LogP contribution in [0.5, 0.6) is 0 Å². The summed E-state index contributed by atoms with van der Waals surface area (Å²) < 4.78 is 41.9. The van der Waals surface area contributed by atoms with Gasteiger partial charge in [0, 0.05) is 11.1 Å². The maximum atomic E-state index is 13.2. The first-order valence-electron chi connectivity index (χ1n) is 8.20. The fourth-order valence-corrected chi connectivity index (χ4v) is 3.12. The van der Waals surface area contributed by atoms with E-state index >= 15 is 0 Å². The third-order valence-corrected chi connectivity index (χ3v) is 4.52. The number of halogens is 4. The summed E-state index contributed by atoms with van der Waals surface area (Å²) in [6.45, 7) is 3.35. The minimum Gasteiger partial charge on any atom is -0.300 e. The molecule has 0 atom stereocenters. The van der Waals surface area contributed by atoms with Gasteiger partial charge in [-0.05, 0) is 49.7 Å². The summed E-state index contributed by atoms with van der Waals surface area (Å²) >= 11 is 5.85. The van der Waals surface area contributed by atoms with Crippen molar-refractivity contribution in [3.05, 3.63) is 79.3 Å². The molecule has 27 heavy (non-hydrogen) atoms. The number of benzene rings is 2. The third kappa shape index (κ3) is 3.64. The molecule has 8 heteroatoms. The standard InChI is InChI=1S/C19H16ClF3N2O2/c1-11(2)25-15-8-5-13(19(21,22)23)9-16(15)24(17(26)18(25)27)10-12-3-6-14(20)7-4-12/h3-9,11H,10H2,1-2H3. The Balaban J connectivity index is 2.34. The van der Waals surface area contributed by atoms with E-state index < -0.39 is 22.9 Å². The highest BCUT2D eigenvalue weighted by molar-refractivity contribution is 6.30. The van der Waals surface area contributed by atoms with Crippen LogP contribution in [0, 0.1) is 0 Å². The lowest BCUT2D eigenvalue weighted by Crippen LogP contribution is -2.42. The van der Waals surface area contributed by atoms with Crippen LogP contribution in [-0.2, 0) is 12.7 Å². The molecule has 0 fully saturated rings. The molecule has 0 N–H and O–H groups in total. The number of hydrogen-bond donors (Lipinski definition) is 0. The summed E-state index contributed by atoms with van der Waals surface area (Å²) in [4.78, 5) is 25.2. The number of alkyl halides is 3. The van der Waals surface area contributed by atoms with Gasteiger partial charge in [-0.25, -0.2) is 0 Å². The topological polar surface area (TPSA) is 44.0 Å². The van der Waals surface area contributed by atoms with E-state index in [-0.39, 0.29) is 23.6 Å². The van der Waals surface area contributed by atoms with E-state index in [1.165, 1.54) is 10.6 Å². The van der Waals surface area contributed by atoms with Gasteiger partial charge < -0.3 is 0 Å². The van der Waals surface area contributed by atoms with Gasteiger partial charge in [0.1, 0.15) is 0 Å². The summed E-state index contributed by atoms with van der Waals surface area (Å²) in [5.74, 6) is 0. The Bertz CT molecular complexity index is 1110. The summed E-state index contributed by atoms with van der Waals surface area (Å²) in [7, 11) is 0. The lowest BCUT2D eigenvalue weighted by Gasteiger charge is -2.19. The molecule has 0 saturated heterocycles. The molecule has 0 bridgehead atoms. The summed E-state index contributed by atoms with van der Waals surface area (Å²) in [5, 5.41) is 0.491. The number of aromatic nitrogens is 2. The highest BCUT2D eigenvalue weighted by Gasteiger charge is 2.31. The van der Waals surface area contributed by atoms with Crippen molar-refractivity contribution in [3.8, 4) is 0 Å². The quantitative estimate of drug-likeness (QED) is 0.613. The van der Waals surface area contributed by atoms with Crippen LogP contribution in [0.3, 0.4) is 0 Å². The van der Waals surface area contributed by atoms with Crippen molar-refractivity contribution < 1.29 is 13.2 Å². The van der Waals surface area contributed by atoms with E-state index in [0.717, 1.165) is 16.7 Å². The lowest BCUT2D eigenvalue weighted by molar-refractivity contribution is -0.137. The molecule has 3 aromatic rings. The Morgan fingerprint density at radius 3 is 2.15 bits per heavy atom. The van der Waals surface area contributed by atoms with Crippen molar-refractivity contribution in [1.82, 2.24) is 9.13 Å². The SMILES string of the molecule is CC(C)n1c(=O)c(=O)n(Cc2ccc(Cl)cc2)c2cc(C(F)(F)F)ccc21. The molecule has 1 heterocycles. The third-order valence-electron chi connectivity index (χ3n) is 4.27. The number of nitrogens with zero attached hydrogens (tertiary/aromatic N) is 2. The van der Waals surface area contributed by atoms with E-state index in [1.54, 1.807) is 38.1 Å². The summed E-state index contributed by atoms with van der Waals surface area (Å²) in [5.41, 5.74) is -1.55. The highest BCUT2D eigenvalue weighted by Crippen LogP contribution is 2.31. The maximum Gasteiger partial charge on any atom is 0.416 e. The molecular formula is C19H16ClF3N2O2. The van der Waals surface area contributed by atoms with Crippen molar-refractivity contribution in [1.29, 1.82) is 0 Å². The first-order valence-corrected chi connectivity index (χ1v) is 8.58. The first kappa shape index (κ1) is 19.2. The predicted octanol–water partition coefficient (Wildman–Crippen LogP) is 4.46. The normalized spacial score (nSPS) is 12.1. The Labute approximate surface area is 157 Å². The molecule has 0 radical (unpaired) electrons. The molecule has 4 nitrogen and oxygen atoms in total. The Hall–Kier alpha value is -2.54. The minimum absolute atomic E-state index is 0.0397. The number of hydrogen-bond acceptors (Lipinski definition) is 2. The van der Waals surface area contributed by atoms with Crippen LogP contribution >= 0.6 is 11.6 Å². The molecule has 1 aromatic heterocycles. The molecule has 0 aliphatic carbocycles. The molecule has 0 amide bonds. The Morgan fingerprint density at radius 1 is 0.963 bits per heavy atom. The van der Waals surface area contributed by atoms with Gasteiger partial charge in [-0.15, -0.1) is 0 Å². The largest absolute Gasteiger partial charge is 0.416 e. The molecule has 3 rings (SSSR count). The van der Waals surface area contributed by atoms with E-state index in [9.17, 15) is 22.8 Å². The van der Waals surface area contributed by atoms with Crippen LogP contribution in [0.4, 0.5) is 13.2 Å². The van der Waals surface area contributed by atoms with E-state index in [0.29, 0.717) is 10.6 Å². The molecule has 0 aliphatic rings. The highest BCUT2D eigenvalue weighted by atomic mass is 35.5. The first-order chi connectivity index (χ1) is 12.6. The molecule has 0 spiro atoms. The fourth-order valence-electron chi connectivity index (χ4n) is 3.00. The van der Waals surface area contributed by atoms with Crippen molar-refractivity contribution in [2.24, 2.45) is 0 Å². The van der Waals surface area contributed by atoms with Gasteiger partial charge in [-0.2, -0.15) is 13.2 Å². The number of rotatable bonds is 3. The molecule has 0 saturated carbocycles. The number of fused-ring (bicyclic) bond motifs is 1. The zero-order chi connectivity index (χ0) is 19.9. The Kier molecular flexibility index (Phi) is 4.90. The van der Waals surface area contributed by atoms with E-state index in [2.05, 4.69) is 0 Å². The zero-order valence-electron chi connectivity index (χ0n) is 14.5. The summed E-state index contributed by atoms with van der Waals surface area (Å²) in [6.07, 6.45) is -4.56. The predicted molar refractivity (Wildman–Crippen MR) is 98.4 cm³/mol. The van der Waals surface area contributed by atoms with E-state index in [4.69, 9.17) is 11.6 Å². The second-order valence-corrected chi connectivity index (χ2v) is 6.92. The van der Waals surface area contributed by atoms with Gasteiger partial charge in [-0.3, -0.25) is 18.7 Å². The summed E-state index contributed by atoms with van der Waals surface area (Å²) in [6, 6.07) is 9.21. The van der Waals surface area contributed by atoms with Gasteiger partial charge in [0.2, 0.25) is 0 Å². The van der Waals surface area contributed by atoms with E-state index in [1.807, 2.05) is 0 Å². The smallest absolute Gasteiger partial charge is 0.300 e. The molecule has 2 aromatic carbocycles. The van der Waals surface area contributed by atoms with Crippen molar-refractivity contribution in [2.45, 2.75) is 32.6 Å². The van der Waals surface area contributed by atoms with Gasteiger partial charge >= 0.3 is 17.3 Å². The molecule has 142 valence electrons. The zero-order valence-corrected chi connectivity index (χ0v) is 15.3. The van der Waals surface area contributed by atoms with Crippen molar-refractivity contribution >= 4 is 22.6 Å². The van der Waals surface area contributed by atoms with Crippen LogP contribution in [0.1, 0.15) is 31.0 Å². The van der Waals surface area contributed by atoms with Gasteiger partial charge in [0.25, 0.3) is 0 Å². The average molecular weight is 397 g/mol. The van der Waals surface area contributed by atoms with Crippen LogP contribution in [0.15, 0.2) is 52.1 Å².